The van der Waals surface area contributed by atoms with Crippen LogP contribution in [0, 0.1) is 17.8 Å². The van der Waals surface area contributed by atoms with Gasteiger partial charge in [0.05, 0.1) is 180 Å². The number of hydrogen-bond donors (Lipinski definition) is 37. The smallest absolute Gasteiger partial charge is 0.407 e. The lowest BCUT2D eigenvalue weighted by molar-refractivity contribution is -0.148. The summed E-state index contributed by atoms with van der Waals surface area (Å²) < 4.78 is 47.6. The molecule has 0 saturated heterocycles. The van der Waals surface area contributed by atoms with Crippen molar-refractivity contribution >= 4 is 35.8 Å². The second-order valence-corrected chi connectivity index (χ2v) is 34.5. The zero-order valence-corrected chi connectivity index (χ0v) is 79.2. The van der Waals surface area contributed by atoms with Crippen molar-refractivity contribution in [1.82, 2.24) is 51.9 Å². The van der Waals surface area contributed by atoms with E-state index in [4.69, 9.17) is 68.8 Å². The van der Waals surface area contributed by atoms with Crippen LogP contribution < -0.4 is 43.0 Å². The Morgan fingerprint density at radius 1 is 0.304 bits per heavy atom. The molecule has 38 N–H and O–H groups in total. The lowest BCUT2D eigenvalue weighted by Crippen LogP contribution is -2.54. The summed E-state index contributed by atoms with van der Waals surface area (Å²) in [7, 11) is 0. The van der Waals surface area contributed by atoms with E-state index in [0.29, 0.717) is 19.6 Å². The van der Waals surface area contributed by atoms with Gasteiger partial charge in [0.25, 0.3) is 0 Å². The molecule has 0 bridgehead atoms. The Morgan fingerprint density at radius 2 is 0.674 bits per heavy atom. The van der Waals surface area contributed by atoms with Gasteiger partial charge in [-0.05, 0) is 75.8 Å². The summed E-state index contributed by atoms with van der Waals surface area (Å²) in [5, 5.41) is 309. The van der Waals surface area contributed by atoms with Crippen molar-refractivity contribution in [3.05, 3.63) is 0 Å². The molecule has 0 rings (SSSR count). The van der Waals surface area contributed by atoms with Crippen LogP contribution >= 0.6 is 0 Å². The zero-order chi connectivity index (χ0) is 104. The maximum atomic E-state index is 13.6. The third-order valence-electron chi connectivity index (χ3n) is 20.9. The van der Waals surface area contributed by atoms with Gasteiger partial charge in [-0.1, -0.05) is 27.2 Å². The average molecular weight is 2020 g/mol. The van der Waals surface area contributed by atoms with Crippen molar-refractivity contribution in [2.45, 2.75) is 238 Å². The molecular weight excluding hydrogens is 1850 g/mol. The van der Waals surface area contributed by atoms with Gasteiger partial charge >= 0.3 is 12.2 Å². The molecule has 0 radical (unpaired) electrons. The largest absolute Gasteiger partial charge is 0.447 e. The summed E-state index contributed by atoms with van der Waals surface area (Å²) in [5.41, 5.74) is 6.05. The van der Waals surface area contributed by atoms with E-state index in [0.717, 1.165) is 50.1 Å². The van der Waals surface area contributed by atoms with Crippen LogP contribution in [-0.2, 0) is 61.8 Å². The van der Waals surface area contributed by atoms with E-state index in [1.54, 1.807) is 0 Å². The third-order valence-corrected chi connectivity index (χ3v) is 20.9. The van der Waals surface area contributed by atoms with Gasteiger partial charge in [0, 0.05) is 105 Å². The summed E-state index contributed by atoms with van der Waals surface area (Å²) in [6, 6.07) is -3.39. The number of rotatable bonds is 90. The molecule has 818 valence electrons. The number of alkyl carbamates (subject to hydrolysis) is 2. The van der Waals surface area contributed by atoms with Gasteiger partial charge in [-0.2, -0.15) is 0 Å². The maximum Gasteiger partial charge on any atom is 0.407 e. The van der Waals surface area contributed by atoms with Crippen LogP contribution in [0.1, 0.15) is 85.0 Å². The maximum absolute atomic E-state index is 13.6. The van der Waals surface area contributed by atoms with Gasteiger partial charge in [0.1, 0.15) is 98.6 Å². The average Bonchev–Trinajstić information content (AvgIpc) is 0.881. The van der Waals surface area contributed by atoms with Crippen LogP contribution in [0.25, 0.3) is 0 Å². The molecule has 55 nitrogen and oxygen atoms in total. The first-order valence-electron chi connectivity index (χ1n) is 46.3. The summed E-state index contributed by atoms with van der Waals surface area (Å²) in [4.78, 5) is 83.0. The lowest BCUT2D eigenvalue weighted by atomic mass is 9.96. The fraction of sp³-hybridized carbons (Fsp3) is 0.928. The minimum Gasteiger partial charge on any atom is -0.447 e. The molecule has 0 aliphatic carbocycles. The van der Waals surface area contributed by atoms with Crippen LogP contribution in [0.5, 0.6) is 0 Å². The molecule has 55 heteroatoms. The van der Waals surface area contributed by atoms with Crippen LogP contribution in [0.2, 0.25) is 0 Å². The van der Waals surface area contributed by atoms with Gasteiger partial charge in [-0.25, -0.2) is 9.59 Å². The van der Waals surface area contributed by atoms with Crippen molar-refractivity contribution in [2.75, 3.05) is 237 Å². The molecule has 0 saturated carbocycles. The molecule has 0 fully saturated rings. The molecule has 0 aromatic heterocycles. The van der Waals surface area contributed by atoms with Gasteiger partial charge in [-0.15, -0.1) is 0 Å². The Morgan fingerprint density at radius 3 is 1.11 bits per heavy atom. The summed E-state index contributed by atoms with van der Waals surface area (Å²) >= 11 is 0. The number of nitrogens with zero attached hydrogens (tertiary/aromatic N) is 3. The quantitative estimate of drug-likeness (QED) is 0.0199. The van der Waals surface area contributed by atoms with Gasteiger partial charge in [0.2, 0.25) is 30.0 Å². The number of unbranched alkanes of at least 4 members (excludes halogenated alkanes) is 2. The Kier molecular flexibility index (Phi) is 77.0. The highest BCUT2D eigenvalue weighted by Gasteiger charge is 2.37. The monoisotopic (exact) mass is 2020 g/mol. The van der Waals surface area contributed by atoms with Crippen molar-refractivity contribution in [2.24, 2.45) is 23.5 Å². The number of aliphatic hydroxyl groups is 29. The molecular formula is C83H167N11O44. The van der Waals surface area contributed by atoms with Gasteiger partial charge < -0.3 is 233 Å². The Hall–Kier alpha value is -5.22. The van der Waals surface area contributed by atoms with Crippen LogP contribution in [0.3, 0.4) is 0 Å². The molecule has 0 aromatic rings. The normalized spacial score (nSPS) is 18.3. The van der Waals surface area contributed by atoms with Gasteiger partial charge in [-0.3, -0.25) is 34.3 Å². The van der Waals surface area contributed by atoms with E-state index >= 15 is 0 Å². The number of nitrogens with two attached hydrogens (primary N) is 1. The number of hydrogen-bond acceptors (Lipinski definition) is 49. The molecule has 0 aromatic carbocycles. The molecule has 0 aliphatic rings. The number of carbonyl (C=O) groups is 6. The number of nitrogens with one attached hydrogen (secondary N) is 7. The molecule has 138 heavy (non-hydrogen) atoms. The Balaban J connectivity index is 5.65. The molecule has 0 aliphatic heterocycles. The van der Waals surface area contributed by atoms with E-state index in [1.165, 1.54) is 11.8 Å². The van der Waals surface area contributed by atoms with E-state index in [9.17, 15) is 156 Å². The number of amides is 6. The molecule has 6 amide bonds. The zero-order valence-electron chi connectivity index (χ0n) is 79.2. The molecule has 10 unspecified atom stereocenters. The fourth-order valence-corrected chi connectivity index (χ4v) is 13.1. The summed E-state index contributed by atoms with van der Waals surface area (Å²) in [6.45, 7) is -5.21. The van der Waals surface area contributed by atoms with Gasteiger partial charge in [0.15, 0.2) is 0 Å². The predicted octanol–water partition coefficient (Wildman–Crippen LogP) is -17.8. The standard InChI is InChI=1S/C83H167N11O44/c1-50(31-97)8-4-6-18-92(19-7-5-9-53(101)32-98)24-51(2)35-130-38-56(104)41-133-44-59(107)47-136-81(127)88-15-12-85-71(117)22-62(84)79(125)91-63(80(126)87-14-17-90-83(129)138-49-61(109)46-135-43-58(106)40-132-37-55(103)27-94(28-66(112)74(120)65(111)11-21-96)30-68(114)76(122)78(124)70(116)34-100)23-72(118)86-13-16-89-82(128)137-48-60(108)45-134-42-57(105)39-131-36-54(102)26-93(25-52(3)73(119)64(110)10-20-95)29-67(113)75(121)77(123)69(115)33-99/h50-70,73-78,82,89,95-116,119-124,128H,4-49,84H2,1-3H3,(H,85,117)(H,86,118)(H,87,126)(H,88,127)(H,90,129)(H,91,125)/t50-,51?,52-,53-,54?,55?,56?,57?,58?,59?,60?,61?,62+,63-,64+,65+,66-,67-,68-,69+,70+,73+,74-,75+,76+,77+,78+,82?/m0/s1. The number of ether oxygens (including phenoxy) is 9. The van der Waals surface area contributed by atoms with Crippen molar-refractivity contribution in [3.8, 4) is 0 Å². The topological polar surface area (TPSA) is 892 Å². The van der Waals surface area contributed by atoms with Crippen LogP contribution in [0.4, 0.5) is 9.59 Å². The minimum atomic E-state index is -2.06. The number of carbonyl (C=O) groups excluding carboxylic acids is 6. The molecule has 0 heterocycles. The third kappa shape index (κ3) is 65.9. The van der Waals surface area contributed by atoms with Crippen molar-refractivity contribution < 1.29 is 219 Å². The highest BCUT2D eigenvalue weighted by molar-refractivity contribution is 5.94. The highest BCUT2D eigenvalue weighted by atomic mass is 16.6. The Labute approximate surface area is 802 Å². The van der Waals surface area contributed by atoms with Crippen LogP contribution in [0.15, 0.2) is 0 Å². The van der Waals surface area contributed by atoms with Crippen LogP contribution in [-0.4, -0.2) is 588 Å². The first-order valence-corrected chi connectivity index (χ1v) is 46.3. The van der Waals surface area contributed by atoms with E-state index < -0.39 is 333 Å². The van der Waals surface area contributed by atoms with Crippen molar-refractivity contribution in [1.29, 1.82) is 0 Å². The molecule has 28 atom stereocenters. The van der Waals surface area contributed by atoms with E-state index in [2.05, 4.69) is 42.1 Å². The molecule has 0 spiro atoms. The first kappa shape index (κ1) is 133. The highest BCUT2D eigenvalue weighted by Crippen LogP contribution is 2.18. The lowest BCUT2D eigenvalue weighted by Gasteiger charge is -2.34. The fourth-order valence-electron chi connectivity index (χ4n) is 13.1. The summed E-state index contributed by atoms with van der Waals surface area (Å²) in [6.07, 6.45) is -35.8. The van der Waals surface area contributed by atoms with E-state index in [1.807, 2.05) is 13.8 Å². The minimum absolute atomic E-state index is 0.0610. The Bertz CT molecular complexity index is 3030. The summed E-state index contributed by atoms with van der Waals surface area (Å²) in [5.74, 6) is -4.28. The first-order chi connectivity index (χ1) is 65.3. The SMILES string of the molecule is CC(COCC(O)COCC(O)COC(=O)NCCNC(=O)C[C@@H](N)C(=O)N[C@@H](CC(=O)NCCNC(O)OCC(O)COCC(O)COCC(O)CN(C[C@H](C)[C@@H](O)[C@H](O)CCO)C[C@H](O)[C@@H](O)[C@H](O)[C@H](O)CO)C(=O)NCCNC(=O)OCC(O)COCC(O)COCC(O)CN(C[C@H](O)[C@@H](O)[C@H](O)[C@H](O)CO)C[C@H](O)[C@@H](O)[C@H](O)CCO)CN(CCCC[C@H](C)CO)CCCC[C@H](O)CO. The van der Waals surface area contributed by atoms with E-state index in [-0.39, 0.29) is 110 Å². The predicted molar refractivity (Wildman–Crippen MR) is 480 cm³/mol. The van der Waals surface area contributed by atoms with Crippen molar-refractivity contribution in [3.63, 3.8) is 0 Å². The second kappa shape index (κ2) is 80.1. The second-order valence-electron chi connectivity index (χ2n) is 34.5. The number of aliphatic hydroxyl groups excluding tert-OH is 29.